The van der Waals surface area contributed by atoms with Gasteiger partial charge in [0.2, 0.25) is 0 Å². The van der Waals surface area contributed by atoms with Crippen LogP contribution < -0.4 is 5.73 Å². The van der Waals surface area contributed by atoms with E-state index in [1.54, 1.807) is 0 Å². The number of piperidine rings is 1. The molecule has 0 spiro atoms. The minimum Gasteiger partial charge on any atom is -0.329 e. The molecule has 0 aromatic heterocycles. The number of nitrogens with zero attached hydrogens (tertiary/aromatic N) is 1. The van der Waals surface area contributed by atoms with Gasteiger partial charge in [0.15, 0.2) is 0 Å². The molecule has 2 rings (SSSR count). The Morgan fingerprint density at radius 3 is 2.76 bits per heavy atom. The summed E-state index contributed by atoms with van der Waals surface area (Å²) in [5.41, 5.74) is 7.35. The van der Waals surface area contributed by atoms with Crippen molar-refractivity contribution in [1.29, 1.82) is 0 Å². The number of likely N-dealkylation sites (tertiary alicyclic amines) is 1. The molecule has 17 heavy (non-hydrogen) atoms. The van der Waals surface area contributed by atoms with Gasteiger partial charge < -0.3 is 5.73 Å². The fourth-order valence-electron chi connectivity index (χ4n) is 2.88. The minimum atomic E-state index is 0.408. The molecular weight excluding hydrogens is 208 g/mol. The predicted molar refractivity (Wildman–Crippen MR) is 72.8 cm³/mol. The Morgan fingerprint density at radius 2 is 2.12 bits per heavy atom. The van der Waals surface area contributed by atoms with Gasteiger partial charge >= 0.3 is 0 Å². The van der Waals surface area contributed by atoms with Crippen molar-refractivity contribution in [2.24, 2.45) is 11.7 Å². The van der Waals surface area contributed by atoms with Crippen LogP contribution in [0.15, 0.2) is 30.3 Å². The van der Waals surface area contributed by atoms with Crippen LogP contribution in [0.3, 0.4) is 0 Å². The summed E-state index contributed by atoms with van der Waals surface area (Å²) in [5, 5.41) is 0. The van der Waals surface area contributed by atoms with Crippen molar-refractivity contribution >= 4 is 0 Å². The first-order chi connectivity index (χ1) is 8.35. The van der Waals surface area contributed by atoms with Crippen molar-refractivity contribution in [1.82, 2.24) is 4.90 Å². The second-order valence-electron chi connectivity index (χ2n) is 5.07. The van der Waals surface area contributed by atoms with Crippen molar-refractivity contribution in [3.8, 4) is 0 Å². The Hall–Kier alpha value is -0.860. The first kappa shape index (κ1) is 12.6. The zero-order valence-electron chi connectivity index (χ0n) is 10.8. The summed E-state index contributed by atoms with van der Waals surface area (Å²) in [7, 11) is 0. The Labute approximate surface area is 105 Å². The van der Waals surface area contributed by atoms with Gasteiger partial charge in [0.25, 0.3) is 0 Å². The molecule has 0 amide bonds. The van der Waals surface area contributed by atoms with E-state index in [-0.39, 0.29) is 0 Å². The van der Waals surface area contributed by atoms with Gasteiger partial charge in [-0.05, 0) is 30.9 Å². The highest BCUT2D eigenvalue weighted by molar-refractivity contribution is 5.19. The molecule has 1 fully saturated rings. The maximum atomic E-state index is 5.98. The molecule has 0 saturated carbocycles. The largest absolute Gasteiger partial charge is 0.329 e. The monoisotopic (exact) mass is 232 g/mol. The van der Waals surface area contributed by atoms with E-state index in [2.05, 4.69) is 42.2 Å². The summed E-state index contributed by atoms with van der Waals surface area (Å²) in [6.07, 6.45) is 4.00. The highest BCUT2D eigenvalue weighted by Crippen LogP contribution is 2.27. The molecule has 0 radical (unpaired) electrons. The summed E-state index contributed by atoms with van der Waals surface area (Å²) in [4.78, 5) is 2.58. The van der Waals surface area contributed by atoms with Gasteiger partial charge in [0, 0.05) is 19.1 Å². The lowest BCUT2D eigenvalue weighted by Crippen LogP contribution is -2.40. The van der Waals surface area contributed by atoms with E-state index in [0.717, 1.165) is 12.5 Å². The molecule has 1 aromatic carbocycles. The van der Waals surface area contributed by atoms with E-state index in [4.69, 9.17) is 5.73 Å². The van der Waals surface area contributed by atoms with Gasteiger partial charge in [0.05, 0.1) is 0 Å². The number of hydrogen-bond donors (Lipinski definition) is 1. The second-order valence-corrected chi connectivity index (χ2v) is 5.07. The molecule has 1 saturated heterocycles. The Balaban J connectivity index is 2.08. The molecule has 0 aliphatic carbocycles. The third-order valence-electron chi connectivity index (χ3n) is 3.98. The first-order valence-electron chi connectivity index (χ1n) is 6.84. The van der Waals surface area contributed by atoms with Crippen LogP contribution in [0.4, 0.5) is 0 Å². The zero-order chi connectivity index (χ0) is 12.1. The first-order valence-corrected chi connectivity index (χ1v) is 6.84. The van der Waals surface area contributed by atoms with E-state index in [0.29, 0.717) is 6.04 Å². The Kier molecular flexibility index (Phi) is 4.57. The molecule has 94 valence electrons. The van der Waals surface area contributed by atoms with Crippen LogP contribution in [-0.4, -0.2) is 24.5 Å². The Bertz CT molecular complexity index is 323. The molecule has 1 heterocycles. The van der Waals surface area contributed by atoms with Crippen molar-refractivity contribution in [2.75, 3.05) is 19.6 Å². The zero-order valence-corrected chi connectivity index (χ0v) is 10.8. The van der Waals surface area contributed by atoms with E-state index in [1.807, 2.05) is 0 Å². The molecule has 1 aromatic rings. The van der Waals surface area contributed by atoms with Crippen molar-refractivity contribution in [3.63, 3.8) is 0 Å². The quantitative estimate of drug-likeness (QED) is 0.865. The third kappa shape index (κ3) is 3.08. The summed E-state index contributed by atoms with van der Waals surface area (Å²) < 4.78 is 0. The normalized spacial score (nSPS) is 23.5. The van der Waals surface area contributed by atoms with Crippen LogP contribution in [0.1, 0.15) is 37.8 Å². The van der Waals surface area contributed by atoms with Gasteiger partial charge in [-0.15, -0.1) is 0 Å². The van der Waals surface area contributed by atoms with Gasteiger partial charge in [-0.3, -0.25) is 4.90 Å². The Morgan fingerprint density at radius 1 is 1.35 bits per heavy atom. The van der Waals surface area contributed by atoms with Crippen LogP contribution in [0.5, 0.6) is 0 Å². The fourth-order valence-corrected chi connectivity index (χ4v) is 2.88. The summed E-state index contributed by atoms with van der Waals surface area (Å²) >= 11 is 0. The van der Waals surface area contributed by atoms with Crippen molar-refractivity contribution < 1.29 is 0 Å². The van der Waals surface area contributed by atoms with E-state index in [9.17, 15) is 0 Å². The summed E-state index contributed by atoms with van der Waals surface area (Å²) in [6, 6.07) is 11.1. The molecule has 2 atom stereocenters. The molecular formula is C15H24N2. The number of hydrogen-bond acceptors (Lipinski definition) is 2. The molecule has 1 aliphatic heterocycles. The van der Waals surface area contributed by atoms with Crippen LogP contribution in [0, 0.1) is 5.92 Å². The molecule has 0 bridgehead atoms. The predicted octanol–water partition coefficient (Wildman–Crippen LogP) is 2.81. The van der Waals surface area contributed by atoms with Crippen LogP contribution in [0.25, 0.3) is 0 Å². The number of nitrogens with two attached hydrogens (primary N) is 1. The highest BCUT2D eigenvalue weighted by Gasteiger charge is 2.24. The number of benzene rings is 1. The number of rotatable bonds is 4. The standard InChI is InChI=1S/C15H24N2/c1-2-13-7-6-10-17(12-13)15(11-16)14-8-4-3-5-9-14/h3-5,8-9,13,15H,2,6-7,10-12,16H2,1H3. The topological polar surface area (TPSA) is 29.3 Å². The summed E-state index contributed by atoms with van der Waals surface area (Å²) in [6.45, 7) is 5.44. The maximum Gasteiger partial charge on any atom is 0.0470 e. The molecule has 2 N–H and O–H groups in total. The average molecular weight is 232 g/mol. The lowest BCUT2D eigenvalue weighted by Gasteiger charge is -2.38. The van der Waals surface area contributed by atoms with Gasteiger partial charge in [-0.1, -0.05) is 43.7 Å². The van der Waals surface area contributed by atoms with E-state index in [1.165, 1.54) is 37.9 Å². The third-order valence-corrected chi connectivity index (χ3v) is 3.98. The minimum absolute atomic E-state index is 0.408. The second kappa shape index (κ2) is 6.18. The van der Waals surface area contributed by atoms with Gasteiger partial charge in [-0.25, -0.2) is 0 Å². The van der Waals surface area contributed by atoms with Crippen LogP contribution in [0.2, 0.25) is 0 Å². The van der Waals surface area contributed by atoms with E-state index >= 15 is 0 Å². The van der Waals surface area contributed by atoms with Crippen LogP contribution in [-0.2, 0) is 0 Å². The van der Waals surface area contributed by atoms with Gasteiger partial charge in [-0.2, -0.15) is 0 Å². The highest BCUT2D eigenvalue weighted by atomic mass is 15.2. The lowest BCUT2D eigenvalue weighted by molar-refractivity contribution is 0.124. The molecule has 1 aliphatic rings. The van der Waals surface area contributed by atoms with Crippen molar-refractivity contribution in [3.05, 3.63) is 35.9 Å². The van der Waals surface area contributed by atoms with Gasteiger partial charge in [0.1, 0.15) is 0 Å². The molecule has 2 heteroatoms. The lowest BCUT2D eigenvalue weighted by atomic mass is 9.93. The average Bonchev–Trinajstić information content (AvgIpc) is 2.41. The SMILES string of the molecule is CCC1CCCN(C(CN)c2ccccc2)C1. The van der Waals surface area contributed by atoms with Crippen LogP contribution >= 0.6 is 0 Å². The maximum absolute atomic E-state index is 5.98. The van der Waals surface area contributed by atoms with Crippen molar-refractivity contribution in [2.45, 2.75) is 32.2 Å². The molecule has 2 unspecified atom stereocenters. The van der Waals surface area contributed by atoms with E-state index < -0.39 is 0 Å². The molecule has 2 nitrogen and oxygen atoms in total. The fraction of sp³-hybridized carbons (Fsp3) is 0.600. The smallest absolute Gasteiger partial charge is 0.0470 e. The summed E-state index contributed by atoms with van der Waals surface area (Å²) in [5.74, 6) is 0.863.